The van der Waals surface area contributed by atoms with Gasteiger partial charge in [-0.2, -0.15) is 0 Å². The number of ketones is 1. The molecule has 6 heteroatoms. The maximum Gasteiger partial charge on any atom is 0.198 e. The van der Waals surface area contributed by atoms with Crippen LogP contribution in [0.25, 0.3) is 22.0 Å². The number of benzene rings is 1. The van der Waals surface area contributed by atoms with Crippen molar-refractivity contribution in [2.24, 2.45) is 0 Å². The number of carbonyl (C=O) groups excluding carboxylic acids is 1. The van der Waals surface area contributed by atoms with Gasteiger partial charge in [-0.1, -0.05) is 11.6 Å². The molecule has 5 nitrogen and oxygen atoms in total. The third-order valence-corrected chi connectivity index (χ3v) is 4.27. The fourth-order valence-corrected chi connectivity index (χ4v) is 3.26. The average Bonchev–Trinajstić information content (AvgIpc) is 2.88. The van der Waals surface area contributed by atoms with Gasteiger partial charge in [-0.15, -0.1) is 0 Å². The molecule has 0 aliphatic heterocycles. The van der Waals surface area contributed by atoms with Crippen molar-refractivity contribution in [3.05, 3.63) is 46.9 Å². The number of hydrogen-bond acceptors (Lipinski definition) is 5. The molecular formula is C17H11ClN2O3. The van der Waals surface area contributed by atoms with Crippen molar-refractivity contribution in [1.82, 2.24) is 9.97 Å². The van der Waals surface area contributed by atoms with E-state index in [1.807, 2.05) is 0 Å². The largest absolute Gasteiger partial charge is 0.497 e. The van der Waals surface area contributed by atoms with Crippen LogP contribution in [0.3, 0.4) is 0 Å². The van der Waals surface area contributed by atoms with Crippen LogP contribution in [0, 0.1) is 0 Å². The number of methoxy groups -OCH3 is 2. The molecule has 3 aromatic rings. The first-order valence-corrected chi connectivity index (χ1v) is 7.27. The van der Waals surface area contributed by atoms with Crippen molar-refractivity contribution >= 4 is 28.3 Å². The Balaban J connectivity index is 2.21. The van der Waals surface area contributed by atoms with Crippen LogP contribution in [0.5, 0.6) is 11.5 Å². The SMILES string of the molecule is COc1cc(OC)c2c3c(c(Cl)nc2c1)C(=O)c1cnccc1-3. The molecule has 0 atom stereocenters. The molecule has 4 rings (SSSR count). The van der Waals surface area contributed by atoms with Gasteiger partial charge >= 0.3 is 0 Å². The zero-order valence-electron chi connectivity index (χ0n) is 12.4. The van der Waals surface area contributed by atoms with Gasteiger partial charge in [0.05, 0.1) is 30.7 Å². The zero-order chi connectivity index (χ0) is 16.1. The number of halogens is 1. The second-order valence-electron chi connectivity index (χ2n) is 5.13. The lowest BCUT2D eigenvalue weighted by atomic mass is 10.0. The molecule has 0 radical (unpaired) electrons. The molecule has 0 saturated heterocycles. The predicted octanol–water partition coefficient (Wildman–Crippen LogP) is 3.51. The summed E-state index contributed by atoms with van der Waals surface area (Å²) in [4.78, 5) is 21.0. The zero-order valence-corrected chi connectivity index (χ0v) is 13.1. The van der Waals surface area contributed by atoms with Crippen LogP contribution < -0.4 is 9.47 Å². The topological polar surface area (TPSA) is 61.3 Å². The van der Waals surface area contributed by atoms with Crippen LogP contribution in [0.1, 0.15) is 15.9 Å². The number of hydrogen-bond donors (Lipinski definition) is 0. The van der Waals surface area contributed by atoms with Gasteiger partial charge in [0.2, 0.25) is 0 Å². The van der Waals surface area contributed by atoms with E-state index in [1.54, 1.807) is 44.8 Å². The van der Waals surface area contributed by atoms with E-state index in [4.69, 9.17) is 21.1 Å². The smallest absolute Gasteiger partial charge is 0.198 e. The highest BCUT2D eigenvalue weighted by molar-refractivity contribution is 6.38. The van der Waals surface area contributed by atoms with Gasteiger partial charge in [0.1, 0.15) is 16.7 Å². The molecule has 23 heavy (non-hydrogen) atoms. The standard InChI is InChI=1S/C17H11ClN2O3/c1-22-8-5-11-14(12(6-8)23-2)13-9-3-4-19-7-10(9)16(21)15(13)17(18)20-11/h3-7H,1-2H3. The van der Waals surface area contributed by atoms with E-state index < -0.39 is 0 Å². The third kappa shape index (κ3) is 1.83. The van der Waals surface area contributed by atoms with Crippen LogP contribution >= 0.6 is 11.6 Å². The lowest BCUT2D eigenvalue weighted by Crippen LogP contribution is -1.99. The maximum absolute atomic E-state index is 12.6. The summed E-state index contributed by atoms with van der Waals surface area (Å²) in [5, 5.41) is 0.912. The van der Waals surface area contributed by atoms with Crippen LogP contribution in [-0.2, 0) is 0 Å². The molecule has 114 valence electrons. The fourth-order valence-electron chi connectivity index (χ4n) is 2.99. The summed E-state index contributed by atoms with van der Waals surface area (Å²) in [7, 11) is 3.14. The molecule has 2 aromatic heterocycles. The molecule has 0 fully saturated rings. The first-order chi connectivity index (χ1) is 11.2. The molecule has 0 spiro atoms. The Morgan fingerprint density at radius 3 is 2.65 bits per heavy atom. The summed E-state index contributed by atoms with van der Waals surface area (Å²) in [5.41, 5.74) is 3.06. The monoisotopic (exact) mass is 326 g/mol. The second kappa shape index (κ2) is 4.93. The highest BCUT2D eigenvalue weighted by Gasteiger charge is 2.33. The number of fused-ring (bicyclic) bond motifs is 5. The molecule has 0 amide bonds. The summed E-state index contributed by atoms with van der Waals surface area (Å²) in [5.74, 6) is 1.02. The lowest BCUT2D eigenvalue weighted by Gasteiger charge is -2.13. The number of carbonyl (C=O) groups is 1. The van der Waals surface area contributed by atoms with Gasteiger partial charge in [-0.3, -0.25) is 9.78 Å². The summed E-state index contributed by atoms with van der Waals surface area (Å²) < 4.78 is 10.8. The van der Waals surface area contributed by atoms with Crippen molar-refractivity contribution in [2.45, 2.75) is 0 Å². The van der Waals surface area contributed by atoms with Crippen LogP contribution in [0.15, 0.2) is 30.6 Å². The van der Waals surface area contributed by atoms with Crippen LogP contribution in [0.2, 0.25) is 5.15 Å². The third-order valence-electron chi connectivity index (χ3n) is 4.00. The molecule has 0 N–H and O–H groups in total. The Kier molecular flexibility index (Phi) is 2.99. The minimum Gasteiger partial charge on any atom is -0.497 e. The van der Waals surface area contributed by atoms with Gasteiger partial charge in [0.15, 0.2) is 5.78 Å². The Morgan fingerprint density at radius 2 is 1.91 bits per heavy atom. The highest BCUT2D eigenvalue weighted by atomic mass is 35.5. The van der Waals surface area contributed by atoms with E-state index in [0.29, 0.717) is 28.1 Å². The van der Waals surface area contributed by atoms with E-state index in [-0.39, 0.29) is 10.9 Å². The quantitative estimate of drug-likeness (QED) is 0.527. The van der Waals surface area contributed by atoms with Gasteiger partial charge in [0.25, 0.3) is 0 Å². The summed E-state index contributed by atoms with van der Waals surface area (Å²) in [6.07, 6.45) is 3.20. The molecule has 0 bridgehead atoms. The number of aromatic nitrogens is 2. The first-order valence-electron chi connectivity index (χ1n) is 6.90. The van der Waals surface area contributed by atoms with E-state index in [1.165, 1.54) is 0 Å². The van der Waals surface area contributed by atoms with Crippen LogP contribution in [-0.4, -0.2) is 30.0 Å². The van der Waals surface area contributed by atoms with Crippen molar-refractivity contribution in [3.63, 3.8) is 0 Å². The van der Waals surface area contributed by atoms with Gasteiger partial charge < -0.3 is 9.47 Å². The molecule has 0 saturated carbocycles. The molecular weight excluding hydrogens is 316 g/mol. The van der Waals surface area contributed by atoms with Crippen molar-refractivity contribution < 1.29 is 14.3 Å². The van der Waals surface area contributed by atoms with E-state index in [0.717, 1.165) is 16.5 Å². The van der Waals surface area contributed by atoms with Crippen molar-refractivity contribution in [1.29, 1.82) is 0 Å². The summed E-state index contributed by atoms with van der Waals surface area (Å²) in [6, 6.07) is 5.34. The van der Waals surface area contributed by atoms with Gasteiger partial charge in [0, 0.05) is 35.7 Å². The summed E-state index contributed by atoms with van der Waals surface area (Å²) >= 11 is 6.29. The Bertz CT molecular complexity index is 985. The van der Waals surface area contributed by atoms with Crippen molar-refractivity contribution in [3.8, 4) is 22.6 Å². The summed E-state index contributed by atoms with van der Waals surface area (Å²) in [6.45, 7) is 0. The minimum atomic E-state index is -0.166. The molecule has 1 aromatic carbocycles. The number of rotatable bonds is 2. The van der Waals surface area contributed by atoms with Gasteiger partial charge in [-0.25, -0.2) is 4.98 Å². The molecule has 1 aliphatic rings. The molecule has 0 unspecified atom stereocenters. The highest BCUT2D eigenvalue weighted by Crippen LogP contribution is 2.46. The lowest BCUT2D eigenvalue weighted by molar-refractivity contribution is 0.104. The van der Waals surface area contributed by atoms with Crippen molar-refractivity contribution in [2.75, 3.05) is 14.2 Å². The average molecular weight is 327 g/mol. The van der Waals surface area contributed by atoms with E-state index >= 15 is 0 Å². The minimum absolute atomic E-state index is 0.166. The second-order valence-corrected chi connectivity index (χ2v) is 5.48. The van der Waals surface area contributed by atoms with Gasteiger partial charge in [-0.05, 0) is 11.6 Å². The van der Waals surface area contributed by atoms with E-state index in [2.05, 4.69) is 9.97 Å². The molecule has 1 aliphatic carbocycles. The van der Waals surface area contributed by atoms with Crippen LogP contribution in [0.4, 0.5) is 0 Å². The maximum atomic E-state index is 12.6. The Hall–Kier alpha value is -2.66. The first kappa shape index (κ1) is 14.0. The Morgan fingerprint density at radius 1 is 1.09 bits per heavy atom. The number of ether oxygens (including phenoxy) is 2. The number of pyridine rings is 2. The normalized spacial score (nSPS) is 12.2. The van der Waals surface area contributed by atoms with E-state index in [9.17, 15) is 4.79 Å². The Labute approximate surface area is 136 Å². The number of nitrogens with zero attached hydrogens (tertiary/aromatic N) is 2. The molecule has 2 heterocycles. The fraction of sp³-hybridized carbons (Fsp3) is 0.118. The predicted molar refractivity (Wildman–Crippen MR) is 86.5 cm³/mol.